The first kappa shape index (κ1) is 14.3. The van der Waals surface area contributed by atoms with Crippen molar-refractivity contribution >= 4 is 28.6 Å². The minimum absolute atomic E-state index is 0.260. The molecule has 3 N–H and O–H groups in total. The third-order valence-electron chi connectivity index (χ3n) is 3.62. The van der Waals surface area contributed by atoms with Gasteiger partial charge >= 0.3 is 0 Å². The molecule has 2 aromatic heterocycles. The van der Waals surface area contributed by atoms with Crippen LogP contribution in [-0.2, 0) is 6.42 Å². The summed E-state index contributed by atoms with van der Waals surface area (Å²) in [6.07, 6.45) is 2.77. The molecule has 114 valence electrons. The van der Waals surface area contributed by atoms with Gasteiger partial charge in [-0.05, 0) is 38.0 Å². The molecule has 0 saturated heterocycles. The second-order valence-electron chi connectivity index (χ2n) is 5.53. The number of fused-ring (bicyclic) bond motifs is 1. The lowest BCUT2D eigenvalue weighted by Gasteiger charge is -2.10. The number of anilines is 3. The Morgan fingerprint density at radius 2 is 1.91 bits per heavy atom. The summed E-state index contributed by atoms with van der Waals surface area (Å²) in [6.45, 7) is 6.29. The summed E-state index contributed by atoms with van der Waals surface area (Å²) in [4.78, 5) is 13.1. The smallest absolute Gasteiger partial charge is 0.231 e. The maximum atomic E-state index is 6.00. The molecule has 2 heterocycles. The molecule has 0 aliphatic heterocycles. The molecule has 0 bridgehead atoms. The van der Waals surface area contributed by atoms with Crippen molar-refractivity contribution < 1.29 is 0 Å². The zero-order chi connectivity index (χ0) is 15.7. The highest BCUT2D eigenvalue weighted by atomic mass is 15.2. The topological polar surface area (TPSA) is 81.6 Å². The predicted molar refractivity (Wildman–Crippen MR) is 89.2 cm³/mol. The van der Waals surface area contributed by atoms with Gasteiger partial charge in [0.25, 0.3) is 0 Å². The lowest BCUT2D eigenvalue weighted by Crippen LogP contribution is -2.05. The van der Waals surface area contributed by atoms with Crippen molar-refractivity contribution in [3.63, 3.8) is 0 Å². The van der Waals surface area contributed by atoms with Gasteiger partial charge in [-0.1, -0.05) is 19.1 Å². The highest BCUT2D eigenvalue weighted by Gasteiger charge is 2.13. The Hall–Kier alpha value is -2.63. The number of aryl methyl sites for hydroxylation is 1. The Balaban J connectivity index is 1.97. The van der Waals surface area contributed by atoms with Gasteiger partial charge in [0.15, 0.2) is 11.5 Å². The van der Waals surface area contributed by atoms with Crippen molar-refractivity contribution in [3.8, 4) is 0 Å². The number of imidazole rings is 1. The number of nitrogens with one attached hydrogen (secondary N) is 1. The van der Waals surface area contributed by atoms with E-state index in [-0.39, 0.29) is 6.04 Å². The van der Waals surface area contributed by atoms with Crippen LogP contribution < -0.4 is 11.1 Å². The number of hydrogen-bond donors (Lipinski definition) is 2. The van der Waals surface area contributed by atoms with E-state index in [1.165, 1.54) is 5.56 Å². The fourth-order valence-corrected chi connectivity index (χ4v) is 2.33. The fraction of sp³-hybridized carbons (Fsp3) is 0.312. The van der Waals surface area contributed by atoms with E-state index in [9.17, 15) is 0 Å². The third kappa shape index (κ3) is 2.59. The van der Waals surface area contributed by atoms with Crippen molar-refractivity contribution in [2.75, 3.05) is 11.1 Å². The van der Waals surface area contributed by atoms with Crippen LogP contribution in [-0.4, -0.2) is 19.5 Å². The van der Waals surface area contributed by atoms with Crippen LogP contribution in [0.1, 0.15) is 32.4 Å². The number of aromatic nitrogens is 4. The molecule has 3 rings (SSSR count). The monoisotopic (exact) mass is 296 g/mol. The molecule has 0 unspecified atom stereocenters. The average Bonchev–Trinajstić information content (AvgIpc) is 2.92. The molecule has 6 heteroatoms. The number of rotatable bonds is 4. The van der Waals surface area contributed by atoms with Gasteiger partial charge in [-0.3, -0.25) is 0 Å². The number of nitrogens with zero attached hydrogens (tertiary/aromatic N) is 4. The van der Waals surface area contributed by atoms with Crippen LogP contribution in [0.5, 0.6) is 0 Å². The molecule has 0 atom stereocenters. The summed E-state index contributed by atoms with van der Waals surface area (Å²) in [5, 5.41) is 3.20. The van der Waals surface area contributed by atoms with Gasteiger partial charge in [0, 0.05) is 11.7 Å². The highest BCUT2D eigenvalue weighted by molar-refractivity contribution is 5.83. The van der Waals surface area contributed by atoms with E-state index in [1.807, 2.05) is 16.7 Å². The van der Waals surface area contributed by atoms with E-state index in [1.54, 1.807) is 6.33 Å². The average molecular weight is 296 g/mol. The zero-order valence-electron chi connectivity index (χ0n) is 13.0. The first-order chi connectivity index (χ1) is 10.6. The van der Waals surface area contributed by atoms with E-state index in [0.717, 1.165) is 17.8 Å². The summed E-state index contributed by atoms with van der Waals surface area (Å²) < 4.78 is 1.98. The Morgan fingerprint density at radius 3 is 2.55 bits per heavy atom. The Bertz CT molecular complexity index is 788. The minimum atomic E-state index is 0.260. The molecule has 0 aliphatic carbocycles. The lowest BCUT2D eigenvalue weighted by atomic mass is 10.1. The van der Waals surface area contributed by atoms with Gasteiger partial charge in [-0.25, -0.2) is 4.98 Å². The molecule has 22 heavy (non-hydrogen) atoms. The van der Waals surface area contributed by atoms with Crippen molar-refractivity contribution in [2.24, 2.45) is 0 Å². The number of hydrogen-bond acceptors (Lipinski definition) is 5. The standard InChI is InChI=1S/C16H20N6/c1-4-11-5-7-12(8-6-11)19-16-20-14(17)13-15(21-16)22(9-18-13)10(2)3/h5-10H,4H2,1-3H3,(H3,17,19,20,21). The normalized spacial score (nSPS) is 11.3. The number of nitrogens with two attached hydrogens (primary N) is 1. The Labute approximate surface area is 129 Å². The zero-order valence-corrected chi connectivity index (χ0v) is 13.0. The maximum absolute atomic E-state index is 6.00. The summed E-state index contributed by atoms with van der Waals surface area (Å²) in [5.41, 5.74) is 9.62. The first-order valence-corrected chi connectivity index (χ1v) is 7.44. The molecule has 6 nitrogen and oxygen atoms in total. The molecule has 0 fully saturated rings. The van der Waals surface area contributed by atoms with E-state index < -0.39 is 0 Å². The van der Waals surface area contributed by atoms with Crippen LogP contribution in [0.25, 0.3) is 11.2 Å². The van der Waals surface area contributed by atoms with Crippen molar-refractivity contribution in [1.82, 2.24) is 19.5 Å². The second kappa shape index (κ2) is 5.63. The maximum Gasteiger partial charge on any atom is 0.231 e. The summed E-state index contributed by atoms with van der Waals surface area (Å²) >= 11 is 0. The van der Waals surface area contributed by atoms with E-state index in [2.05, 4.69) is 53.2 Å². The Kier molecular flexibility index (Phi) is 3.66. The van der Waals surface area contributed by atoms with E-state index >= 15 is 0 Å². The SMILES string of the molecule is CCc1ccc(Nc2nc(N)c3ncn(C(C)C)c3n2)cc1. The van der Waals surface area contributed by atoms with Gasteiger partial charge in [0.1, 0.15) is 5.52 Å². The first-order valence-electron chi connectivity index (χ1n) is 7.44. The molecule has 3 aromatic rings. The van der Waals surface area contributed by atoms with Crippen molar-refractivity contribution in [3.05, 3.63) is 36.2 Å². The van der Waals surface area contributed by atoms with Crippen LogP contribution in [0.4, 0.5) is 17.5 Å². The molecule has 0 radical (unpaired) electrons. The van der Waals surface area contributed by atoms with Crippen molar-refractivity contribution in [2.45, 2.75) is 33.2 Å². The number of nitrogen functional groups attached to an aromatic ring is 1. The minimum Gasteiger partial charge on any atom is -0.382 e. The van der Waals surface area contributed by atoms with Gasteiger partial charge < -0.3 is 15.6 Å². The summed E-state index contributed by atoms with van der Waals surface area (Å²) in [6, 6.07) is 8.46. The molecular weight excluding hydrogens is 276 g/mol. The van der Waals surface area contributed by atoms with Crippen LogP contribution in [0.3, 0.4) is 0 Å². The second-order valence-corrected chi connectivity index (χ2v) is 5.53. The van der Waals surface area contributed by atoms with E-state index in [0.29, 0.717) is 17.3 Å². The van der Waals surface area contributed by atoms with Gasteiger partial charge in [-0.15, -0.1) is 0 Å². The molecule has 0 aliphatic rings. The largest absolute Gasteiger partial charge is 0.382 e. The van der Waals surface area contributed by atoms with Crippen molar-refractivity contribution in [1.29, 1.82) is 0 Å². The van der Waals surface area contributed by atoms with Crippen LogP contribution >= 0.6 is 0 Å². The quantitative estimate of drug-likeness (QED) is 0.772. The highest BCUT2D eigenvalue weighted by Crippen LogP contribution is 2.23. The lowest BCUT2D eigenvalue weighted by molar-refractivity contribution is 0.613. The van der Waals surface area contributed by atoms with Crippen LogP contribution in [0.2, 0.25) is 0 Å². The molecular formula is C16H20N6. The van der Waals surface area contributed by atoms with Gasteiger partial charge in [0.2, 0.25) is 5.95 Å². The Morgan fingerprint density at radius 1 is 1.18 bits per heavy atom. The third-order valence-corrected chi connectivity index (χ3v) is 3.62. The summed E-state index contributed by atoms with van der Waals surface area (Å²) in [7, 11) is 0. The van der Waals surface area contributed by atoms with E-state index in [4.69, 9.17) is 5.73 Å². The summed E-state index contributed by atoms with van der Waals surface area (Å²) in [5.74, 6) is 0.869. The molecule has 0 spiro atoms. The molecule has 1 aromatic carbocycles. The predicted octanol–water partition coefficient (Wildman–Crippen LogP) is 3.30. The van der Waals surface area contributed by atoms with Crippen LogP contribution in [0.15, 0.2) is 30.6 Å². The fourth-order valence-electron chi connectivity index (χ4n) is 2.33. The molecule has 0 saturated carbocycles. The van der Waals surface area contributed by atoms with Gasteiger partial charge in [0.05, 0.1) is 6.33 Å². The molecule has 0 amide bonds. The van der Waals surface area contributed by atoms with Gasteiger partial charge in [-0.2, -0.15) is 9.97 Å². The number of benzene rings is 1. The van der Waals surface area contributed by atoms with Crippen LogP contribution in [0, 0.1) is 0 Å².